The molecule has 0 radical (unpaired) electrons. The molecule has 106 valence electrons. The molecule has 8 nitrogen and oxygen atoms in total. The van der Waals surface area contributed by atoms with Crippen LogP contribution in [0.25, 0.3) is 0 Å². The number of sulfonamides is 1. The van der Waals surface area contributed by atoms with Crippen molar-refractivity contribution in [1.29, 1.82) is 0 Å². The van der Waals surface area contributed by atoms with Crippen LogP contribution in [0.3, 0.4) is 0 Å². The van der Waals surface area contributed by atoms with Crippen LogP contribution in [0.15, 0.2) is 17.3 Å². The zero-order chi connectivity index (χ0) is 14.0. The molecule has 1 aliphatic heterocycles. The van der Waals surface area contributed by atoms with Crippen LogP contribution in [0.5, 0.6) is 0 Å². The lowest BCUT2D eigenvalue weighted by atomic mass is 10.4. The van der Waals surface area contributed by atoms with E-state index in [4.69, 9.17) is 0 Å². The van der Waals surface area contributed by atoms with E-state index in [0.717, 1.165) is 0 Å². The first-order chi connectivity index (χ1) is 8.93. The fourth-order valence-corrected chi connectivity index (χ4v) is 3.26. The zero-order valence-corrected chi connectivity index (χ0v) is 11.7. The average Bonchev–Trinajstić information content (AvgIpc) is 2.92. The van der Waals surface area contributed by atoms with Crippen molar-refractivity contribution in [2.45, 2.75) is 4.90 Å². The van der Waals surface area contributed by atoms with Gasteiger partial charge in [-0.05, 0) is 0 Å². The molecule has 1 aliphatic rings. The van der Waals surface area contributed by atoms with Crippen LogP contribution in [-0.4, -0.2) is 79.0 Å². The van der Waals surface area contributed by atoms with E-state index in [9.17, 15) is 13.2 Å². The Balaban J connectivity index is 2.03. The summed E-state index contributed by atoms with van der Waals surface area (Å²) in [6.45, 7) is 1.39. The second kappa shape index (κ2) is 5.17. The van der Waals surface area contributed by atoms with Crippen LogP contribution < -0.4 is 0 Å². The number of hydrogen-bond acceptors (Lipinski definition) is 4. The largest absolute Gasteiger partial charge is 0.331 e. The lowest BCUT2D eigenvalue weighted by Gasteiger charge is -2.34. The highest BCUT2D eigenvalue weighted by molar-refractivity contribution is 7.89. The number of aromatic amines is 1. The second-order valence-electron chi connectivity index (χ2n) is 4.50. The third kappa shape index (κ3) is 2.71. The van der Waals surface area contributed by atoms with Gasteiger partial charge in [0, 0.05) is 46.5 Å². The minimum Gasteiger partial charge on any atom is -0.331 e. The number of nitrogens with zero attached hydrogens (tertiary/aromatic N) is 4. The lowest BCUT2D eigenvalue weighted by molar-refractivity contribution is 0.149. The van der Waals surface area contributed by atoms with Gasteiger partial charge in [0.1, 0.15) is 4.90 Å². The first-order valence-electron chi connectivity index (χ1n) is 5.88. The summed E-state index contributed by atoms with van der Waals surface area (Å²) in [4.78, 5) is 15.0. The topological polar surface area (TPSA) is 89.6 Å². The first-order valence-corrected chi connectivity index (χ1v) is 7.32. The van der Waals surface area contributed by atoms with E-state index in [1.54, 1.807) is 19.0 Å². The van der Waals surface area contributed by atoms with Gasteiger partial charge in [0.2, 0.25) is 10.0 Å². The number of rotatable bonds is 2. The molecule has 9 heteroatoms. The number of hydrogen-bond donors (Lipinski definition) is 1. The minimum atomic E-state index is -3.50. The highest BCUT2D eigenvalue weighted by Gasteiger charge is 2.30. The molecule has 1 aromatic rings. The molecule has 1 saturated heterocycles. The van der Waals surface area contributed by atoms with Gasteiger partial charge < -0.3 is 9.80 Å². The maximum atomic E-state index is 12.2. The molecule has 2 heterocycles. The molecule has 0 aromatic carbocycles. The van der Waals surface area contributed by atoms with Crippen LogP contribution in [0.4, 0.5) is 4.79 Å². The highest BCUT2D eigenvalue weighted by atomic mass is 32.2. The predicted octanol–water partition coefficient (Wildman–Crippen LogP) is -0.602. The van der Waals surface area contributed by atoms with Gasteiger partial charge in [-0.25, -0.2) is 13.2 Å². The van der Waals surface area contributed by atoms with Gasteiger partial charge >= 0.3 is 6.03 Å². The van der Waals surface area contributed by atoms with Crippen LogP contribution >= 0.6 is 0 Å². The Morgan fingerprint density at radius 1 is 1.32 bits per heavy atom. The summed E-state index contributed by atoms with van der Waals surface area (Å²) in [5.41, 5.74) is 0. The molecule has 19 heavy (non-hydrogen) atoms. The number of carbonyl (C=O) groups excluding carboxylic acids is 1. The third-order valence-corrected chi connectivity index (χ3v) is 4.87. The van der Waals surface area contributed by atoms with Crippen LogP contribution in [0.2, 0.25) is 0 Å². The van der Waals surface area contributed by atoms with Crippen LogP contribution in [0.1, 0.15) is 0 Å². The van der Waals surface area contributed by atoms with Crippen molar-refractivity contribution >= 4 is 16.1 Å². The molecule has 0 spiro atoms. The summed E-state index contributed by atoms with van der Waals surface area (Å²) in [6.07, 6.45) is 2.64. The van der Waals surface area contributed by atoms with Crippen molar-refractivity contribution in [1.82, 2.24) is 24.3 Å². The number of carbonyl (C=O) groups is 1. The monoisotopic (exact) mass is 287 g/mol. The maximum Gasteiger partial charge on any atom is 0.319 e. The fraction of sp³-hybridized carbons (Fsp3) is 0.600. The molecule has 0 aliphatic carbocycles. The van der Waals surface area contributed by atoms with Gasteiger partial charge in [-0.15, -0.1) is 0 Å². The van der Waals surface area contributed by atoms with E-state index in [1.165, 1.54) is 21.6 Å². The fourth-order valence-electron chi connectivity index (χ4n) is 1.93. The predicted molar refractivity (Wildman–Crippen MR) is 68.0 cm³/mol. The van der Waals surface area contributed by atoms with Crippen molar-refractivity contribution in [2.75, 3.05) is 40.3 Å². The molecule has 0 saturated carbocycles. The van der Waals surface area contributed by atoms with Crippen LogP contribution in [-0.2, 0) is 10.0 Å². The van der Waals surface area contributed by atoms with Crippen molar-refractivity contribution < 1.29 is 13.2 Å². The third-order valence-electron chi connectivity index (χ3n) is 3.00. The van der Waals surface area contributed by atoms with Gasteiger partial charge in [0.05, 0.1) is 6.20 Å². The SMILES string of the molecule is CN(C)C(=O)N1CCN(S(=O)(=O)c2cn[nH]c2)CC1. The van der Waals surface area contributed by atoms with E-state index in [-0.39, 0.29) is 10.9 Å². The second-order valence-corrected chi connectivity index (χ2v) is 6.44. The Hall–Kier alpha value is -1.61. The summed E-state index contributed by atoms with van der Waals surface area (Å²) in [6, 6.07) is -0.0969. The minimum absolute atomic E-state index is 0.0969. The number of nitrogens with one attached hydrogen (secondary N) is 1. The Morgan fingerprint density at radius 2 is 1.95 bits per heavy atom. The molecule has 0 bridgehead atoms. The number of amides is 2. The number of urea groups is 1. The molecular formula is C10H17N5O3S. The molecule has 1 N–H and O–H groups in total. The Kier molecular flexibility index (Phi) is 3.76. The normalized spacial score (nSPS) is 17.5. The van der Waals surface area contributed by atoms with Gasteiger partial charge in [-0.1, -0.05) is 0 Å². The molecule has 0 unspecified atom stereocenters. The summed E-state index contributed by atoms with van der Waals surface area (Å²) in [5.74, 6) is 0. The van der Waals surface area contributed by atoms with Gasteiger partial charge in [0.15, 0.2) is 0 Å². The lowest BCUT2D eigenvalue weighted by Crippen LogP contribution is -2.52. The smallest absolute Gasteiger partial charge is 0.319 e. The van der Waals surface area contributed by atoms with Crippen molar-refractivity contribution in [2.24, 2.45) is 0 Å². The molecule has 1 aromatic heterocycles. The molecule has 0 atom stereocenters. The van der Waals surface area contributed by atoms with E-state index in [2.05, 4.69) is 10.2 Å². The van der Waals surface area contributed by atoms with E-state index in [1.807, 2.05) is 0 Å². The van der Waals surface area contributed by atoms with Gasteiger partial charge in [-0.3, -0.25) is 5.10 Å². The van der Waals surface area contributed by atoms with Crippen molar-refractivity contribution in [3.63, 3.8) is 0 Å². The number of H-pyrrole nitrogens is 1. The van der Waals surface area contributed by atoms with E-state index >= 15 is 0 Å². The molecule has 2 rings (SSSR count). The molecular weight excluding hydrogens is 270 g/mol. The highest BCUT2D eigenvalue weighted by Crippen LogP contribution is 2.16. The standard InChI is InChI=1S/C10H17N5O3S/c1-13(2)10(16)14-3-5-15(6-4-14)19(17,18)9-7-11-12-8-9/h7-8H,3-6H2,1-2H3,(H,11,12). The quantitative estimate of drug-likeness (QED) is 0.786. The summed E-state index contributed by atoms with van der Waals surface area (Å²) < 4.78 is 25.8. The Bertz CT molecular complexity index is 532. The Morgan fingerprint density at radius 3 is 2.42 bits per heavy atom. The number of piperazine rings is 1. The average molecular weight is 287 g/mol. The molecule has 2 amide bonds. The number of aromatic nitrogens is 2. The Labute approximate surface area is 112 Å². The first kappa shape index (κ1) is 13.8. The van der Waals surface area contributed by atoms with Gasteiger partial charge in [-0.2, -0.15) is 9.40 Å². The summed E-state index contributed by atoms with van der Waals surface area (Å²) in [7, 11) is -0.145. The van der Waals surface area contributed by atoms with Crippen molar-refractivity contribution in [3.05, 3.63) is 12.4 Å². The van der Waals surface area contributed by atoms with E-state index in [0.29, 0.717) is 26.2 Å². The zero-order valence-electron chi connectivity index (χ0n) is 10.9. The summed E-state index contributed by atoms with van der Waals surface area (Å²) >= 11 is 0. The maximum absolute atomic E-state index is 12.2. The van der Waals surface area contributed by atoms with E-state index < -0.39 is 10.0 Å². The van der Waals surface area contributed by atoms with Crippen molar-refractivity contribution in [3.8, 4) is 0 Å². The molecule has 1 fully saturated rings. The van der Waals surface area contributed by atoms with Gasteiger partial charge in [0.25, 0.3) is 0 Å². The summed E-state index contributed by atoms with van der Waals surface area (Å²) in [5, 5.41) is 6.14. The van der Waals surface area contributed by atoms with Crippen LogP contribution in [0, 0.1) is 0 Å².